The molecule has 0 saturated carbocycles. The molecule has 0 aromatic carbocycles. The van der Waals surface area contributed by atoms with Gasteiger partial charge in [0.25, 0.3) is 0 Å². The maximum atomic E-state index is 12.9. The summed E-state index contributed by atoms with van der Waals surface area (Å²) in [6, 6.07) is 0. The maximum Gasteiger partial charge on any atom is 0.306 e. The van der Waals surface area contributed by atoms with Gasteiger partial charge in [-0.3, -0.25) is 14.4 Å². The van der Waals surface area contributed by atoms with Gasteiger partial charge in [-0.2, -0.15) is 0 Å². The minimum atomic E-state index is -0.780. The zero-order valence-electron chi connectivity index (χ0n) is 51.7. The fraction of sp³-hybridized carbons (Fsp3) is 0.764. The Labute approximate surface area is 484 Å². The standard InChI is InChI=1S/C72H126O6/c1-4-7-10-13-16-19-22-25-28-30-31-32-33-34-35-36-37-38-39-40-41-43-44-47-50-53-56-59-62-65-71(74)77-68-69(67-76-70(73)64-61-58-55-52-49-46-27-24-21-18-15-12-9-6-3)78-72(75)66-63-60-57-54-51-48-45-42-29-26-23-20-17-14-11-8-5-2/h7-8,10-11,16-17,19-20,25-26,28-29,31-32,69H,4-6,9,12-15,18,21-24,27,30,33-68H2,1-3H3/b10-7-,11-8-,19-16-,20-17-,28-25-,29-26-,32-31-. The highest BCUT2D eigenvalue weighted by molar-refractivity contribution is 5.71. The molecule has 0 saturated heterocycles. The van der Waals surface area contributed by atoms with Crippen molar-refractivity contribution in [1.29, 1.82) is 0 Å². The Morgan fingerprint density at radius 3 is 0.782 bits per heavy atom. The molecule has 0 aliphatic heterocycles. The van der Waals surface area contributed by atoms with Crippen LogP contribution in [0.25, 0.3) is 0 Å². The van der Waals surface area contributed by atoms with E-state index < -0.39 is 6.10 Å². The molecule has 1 atom stereocenters. The number of esters is 3. The van der Waals surface area contributed by atoms with Crippen LogP contribution < -0.4 is 0 Å². The van der Waals surface area contributed by atoms with Gasteiger partial charge in [0, 0.05) is 19.3 Å². The van der Waals surface area contributed by atoms with Crippen molar-refractivity contribution in [3.05, 3.63) is 85.1 Å². The fourth-order valence-electron chi connectivity index (χ4n) is 9.69. The molecular formula is C72H126O6. The minimum Gasteiger partial charge on any atom is -0.462 e. The molecule has 0 aromatic heterocycles. The highest BCUT2D eigenvalue weighted by Crippen LogP contribution is 2.17. The van der Waals surface area contributed by atoms with Crippen molar-refractivity contribution >= 4 is 17.9 Å². The number of carbonyl (C=O) groups is 3. The Bertz CT molecular complexity index is 1480. The zero-order chi connectivity index (χ0) is 56.4. The third kappa shape index (κ3) is 63.4. The fourth-order valence-corrected chi connectivity index (χ4v) is 9.69. The van der Waals surface area contributed by atoms with E-state index in [2.05, 4.69) is 106 Å². The summed E-state index contributed by atoms with van der Waals surface area (Å²) in [7, 11) is 0. The first-order valence-electron chi connectivity index (χ1n) is 33.6. The van der Waals surface area contributed by atoms with Crippen molar-refractivity contribution in [3.63, 3.8) is 0 Å². The van der Waals surface area contributed by atoms with Crippen LogP contribution in [-0.2, 0) is 28.6 Å². The van der Waals surface area contributed by atoms with Crippen LogP contribution in [0.3, 0.4) is 0 Å². The van der Waals surface area contributed by atoms with E-state index in [1.807, 2.05) is 0 Å². The Morgan fingerprint density at radius 2 is 0.500 bits per heavy atom. The number of ether oxygens (including phenoxy) is 3. The monoisotopic (exact) mass is 1090 g/mol. The van der Waals surface area contributed by atoms with Crippen LogP contribution in [0.5, 0.6) is 0 Å². The van der Waals surface area contributed by atoms with Crippen molar-refractivity contribution in [3.8, 4) is 0 Å². The van der Waals surface area contributed by atoms with E-state index in [4.69, 9.17) is 14.2 Å². The van der Waals surface area contributed by atoms with E-state index in [1.165, 1.54) is 186 Å². The van der Waals surface area contributed by atoms with Gasteiger partial charge < -0.3 is 14.2 Å². The van der Waals surface area contributed by atoms with Gasteiger partial charge in [-0.1, -0.05) is 311 Å². The van der Waals surface area contributed by atoms with Crippen molar-refractivity contribution in [1.82, 2.24) is 0 Å². The molecule has 0 aliphatic rings. The largest absolute Gasteiger partial charge is 0.462 e. The lowest BCUT2D eigenvalue weighted by Crippen LogP contribution is -2.30. The molecule has 0 fully saturated rings. The average molecular weight is 1090 g/mol. The smallest absolute Gasteiger partial charge is 0.306 e. The summed E-state index contributed by atoms with van der Waals surface area (Å²) < 4.78 is 17.0. The van der Waals surface area contributed by atoms with Gasteiger partial charge in [0.15, 0.2) is 6.10 Å². The molecule has 1 unspecified atom stereocenters. The maximum absolute atomic E-state index is 12.9. The molecule has 0 spiro atoms. The number of carbonyl (C=O) groups excluding carboxylic acids is 3. The summed E-state index contributed by atoms with van der Waals surface area (Å²) in [5, 5.41) is 0. The van der Waals surface area contributed by atoms with Gasteiger partial charge >= 0.3 is 17.9 Å². The number of unbranched alkanes of at least 4 members (excludes halogenated alkanes) is 36. The average Bonchev–Trinajstić information content (AvgIpc) is 3.44. The highest BCUT2D eigenvalue weighted by atomic mass is 16.6. The number of hydrogen-bond acceptors (Lipinski definition) is 6. The first-order valence-corrected chi connectivity index (χ1v) is 33.6. The lowest BCUT2D eigenvalue weighted by molar-refractivity contribution is -0.167. The summed E-state index contributed by atoms with van der Waals surface area (Å²) in [5.41, 5.74) is 0. The van der Waals surface area contributed by atoms with Crippen molar-refractivity contribution in [2.24, 2.45) is 0 Å². The van der Waals surface area contributed by atoms with E-state index in [0.29, 0.717) is 19.3 Å². The Hall–Kier alpha value is -3.41. The quantitative estimate of drug-likeness (QED) is 0.0261. The molecule has 0 radical (unpaired) electrons. The summed E-state index contributed by atoms with van der Waals surface area (Å²) in [6.45, 7) is 6.45. The molecule has 0 N–H and O–H groups in total. The summed E-state index contributed by atoms with van der Waals surface area (Å²) in [4.78, 5) is 38.4. The van der Waals surface area contributed by atoms with E-state index >= 15 is 0 Å². The molecule has 78 heavy (non-hydrogen) atoms. The van der Waals surface area contributed by atoms with Crippen LogP contribution in [0.1, 0.15) is 335 Å². The molecule has 0 heterocycles. The van der Waals surface area contributed by atoms with Gasteiger partial charge in [-0.05, 0) is 89.9 Å². The van der Waals surface area contributed by atoms with Gasteiger partial charge in [-0.25, -0.2) is 0 Å². The van der Waals surface area contributed by atoms with Crippen molar-refractivity contribution < 1.29 is 28.6 Å². The number of rotatable bonds is 61. The van der Waals surface area contributed by atoms with Gasteiger partial charge in [-0.15, -0.1) is 0 Å². The number of allylic oxidation sites excluding steroid dienone is 14. The van der Waals surface area contributed by atoms with Crippen LogP contribution in [-0.4, -0.2) is 37.2 Å². The first kappa shape index (κ1) is 74.6. The van der Waals surface area contributed by atoms with Crippen molar-refractivity contribution in [2.45, 2.75) is 341 Å². The van der Waals surface area contributed by atoms with Gasteiger partial charge in [0.2, 0.25) is 0 Å². The van der Waals surface area contributed by atoms with E-state index in [0.717, 1.165) is 109 Å². The highest BCUT2D eigenvalue weighted by Gasteiger charge is 2.19. The summed E-state index contributed by atoms with van der Waals surface area (Å²) in [6.07, 6.45) is 87.4. The molecule has 6 heteroatoms. The predicted molar refractivity (Wildman–Crippen MR) is 339 cm³/mol. The summed E-state index contributed by atoms with van der Waals surface area (Å²) in [5.74, 6) is -0.868. The van der Waals surface area contributed by atoms with Gasteiger partial charge in [0.05, 0.1) is 0 Å². The van der Waals surface area contributed by atoms with E-state index in [-0.39, 0.29) is 31.1 Å². The lowest BCUT2D eigenvalue weighted by atomic mass is 10.0. The topological polar surface area (TPSA) is 78.9 Å². The molecule has 0 bridgehead atoms. The summed E-state index contributed by atoms with van der Waals surface area (Å²) >= 11 is 0. The lowest BCUT2D eigenvalue weighted by Gasteiger charge is -2.18. The minimum absolute atomic E-state index is 0.0758. The van der Waals surface area contributed by atoms with Crippen LogP contribution in [0.2, 0.25) is 0 Å². The van der Waals surface area contributed by atoms with Crippen LogP contribution in [0.15, 0.2) is 85.1 Å². The normalized spacial score (nSPS) is 12.6. The molecule has 0 rings (SSSR count). The molecule has 450 valence electrons. The third-order valence-electron chi connectivity index (χ3n) is 14.6. The van der Waals surface area contributed by atoms with E-state index in [9.17, 15) is 14.4 Å². The second-order valence-corrected chi connectivity index (χ2v) is 22.3. The molecule has 0 amide bonds. The second-order valence-electron chi connectivity index (χ2n) is 22.3. The Balaban J connectivity index is 4.23. The first-order chi connectivity index (χ1) is 38.5. The zero-order valence-corrected chi connectivity index (χ0v) is 51.7. The predicted octanol–water partition coefficient (Wildman–Crippen LogP) is 23.1. The van der Waals surface area contributed by atoms with Crippen molar-refractivity contribution in [2.75, 3.05) is 13.2 Å². The molecule has 0 aliphatic carbocycles. The van der Waals surface area contributed by atoms with Crippen LogP contribution in [0, 0.1) is 0 Å². The second kappa shape index (κ2) is 66.1. The Morgan fingerprint density at radius 1 is 0.269 bits per heavy atom. The molecule has 0 aromatic rings. The number of hydrogen-bond donors (Lipinski definition) is 0. The molecule has 6 nitrogen and oxygen atoms in total. The molecular weight excluding hydrogens is 961 g/mol. The van der Waals surface area contributed by atoms with Crippen LogP contribution in [0.4, 0.5) is 0 Å². The van der Waals surface area contributed by atoms with Crippen LogP contribution >= 0.6 is 0 Å². The van der Waals surface area contributed by atoms with Gasteiger partial charge in [0.1, 0.15) is 13.2 Å². The third-order valence-corrected chi connectivity index (χ3v) is 14.6. The SMILES string of the molecule is CC/C=C\C/C=C\C/C=C\C/C=C\CCCCCCCCCCCCCCCCCCC(=O)OCC(COC(=O)CCCCCCCCCCCCCCCC)OC(=O)CCCCCCCCC/C=C\C/C=C\C/C=C\CC. The Kier molecular flexibility index (Phi) is 63.2. The van der Waals surface area contributed by atoms with E-state index in [1.54, 1.807) is 0 Å².